The SMILES string of the molecule is CC(C)C(NC(=O)C(CC(N)=O)NC(=O)C1CCCN1C(=O)C(N)CS)C(=O)O. The van der Waals surface area contributed by atoms with Crippen LogP contribution in [0.5, 0.6) is 0 Å². The first-order valence-corrected chi connectivity index (χ1v) is 9.91. The maximum absolute atomic E-state index is 12.7. The number of hydrogen-bond donors (Lipinski definition) is 6. The van der Waals surface area contributed by atoms with Gasteiger partial charge in [-0.3, -0.25) is 19.2 Å². The minimum absolute atomic E-state index is 0.113. The van der Waals surface area contributed by atoms with E-state index < -0.39 is 66.1 Å². The number of carboxylic acids is 1. The lowest BCUT2D eigenvalue weighted by atomic mass is 10.0. The summed E-state index contributed by atoms with van der Waals surface area (Å²) in [4.78, 5) is 61.5. The highest BCUT2D eigenvalue weighted by Gasteiger charge is 2.38. The summed E-state index contributed by atoms with van der Waals surface area (Å²) in [5, 5.41) is 13.9. The normalized spacial score (nSPS) is 19.3. The largest absolute Gasteiger partial charge is 0.480 e. The van der Waals surface area contributed by atoms with Crippen LogP contribution < -0.4 is 22.1 Å². The minimum Gasteiger partial charge on any atom is -0.480 e. The summed E-state index contributed by atoms with van der Waals surface area (Å²) in [6, 6.07) is -4.28. The third-order valence-corrected chi connectivity index (χ3v) is 5.01. The van der Waals surface area contributed by atoms with Crippen LogP contribution in [0.2, 0.25) is 0 Å². The molecule has 11 nitrogen and oxygen atoms in total. The van der Waals surface area contributed by atoms with Gasteiger partial charge in [0.15, 0.2) is 0 Å². The lowest BCUT2D eigenvalue weighted by molar-refractivity contribution is -0.144. The van der Waals surface area contributed by atoms with E-state index >= 15 is 0 Å². The number of nitrogens with one attached hydrogen (secondary N) is 2. The van der Waals surface area contributed by atoms with Crippen LogP contribution in [-0.4, -0.2) is 76.1 Å². The van der Waals surface area contributed by atoms with Crippen molar-refractivity contribution in [3.8, 4) is 0 Å². The molecule has 7 N–H and O–H groups in total. The minimum atomic E-state index is -1.36. The van der Waals surface area contributed by atoms with E-state index in [1.54, 1.807) is 13.8 Å². The smallest absolute Gasteiger partial charge is 0.326 e. The molecule has 1 rings (SSSR count). The van der Waals surface area contributed by atoms with E-state index in [0.717, 1.165) is 0 Å². The predicted octanol–water partition coefficient (Wildman–Crippen LogP) is -2.18. The zero-order valence-corrected chi connectivity index (χ0v) is 17.4. The van der Waals surface area contributed by atoms with Crippen LogP contribution in [0.1, 0.15) is 33.1 Å². The summed E-state index contributed by atoms with van der Waals surface area (Å²) >= 11 is 3.99. The Balaban J connectivity index is 2.92. The van der Waals surface area contributed by atoms with E-state index in [1.807, 2.05) is 0 Å². The molecule has 1 fully saturated rings. The Morgan fingerprint density at radius 3 is 2.31 bits per heavy atom. The Bertz CT molecular complexity index is 658. The number of nitrogens with zero attached hydrogens (tertiary/aromatic N) is 1. The monoisotopic (exact) mass is 431 g/mol. The van der Waals surface area contributed by atoms with Crippen molar-refractivity contribution in [2.45, 2.75) is 57.3 Å². The first-order valence-electron chi connectivity index (χ1n) is 9.28. The second-order valence-electron chi connectivity index (χ2n) is 7.28. The molecule has 1 heterocycles. The van der Waals surface area contributed by atoms with Gasteiger partial charge in [-0.05, 0) is 18.8 Å². The molecule has 0 aromatic heterocycles. The molecule has 0 radical (unpaired) electrons. The summed E-state index contributed by atoms with van der Waals surface area (Å²) in [6.07, 6.45) is 0.425. The van der Waals surface area contributed by atoms with Crippen LogP contribution in [0.3, 0.4) is 0 Å². The Morgan fingerprint density at radius 2 is 1.83 bits per heavy atom. The Hall–Kier alpha value is -2.34. The first-order chi connectivity index (χ1) is 13.5. The lowest BCUT2D eigenvalue weighted by Gasteiger charge is -2.28. The fourth-order valence-electron chi connectivity index (χ4n) is 3.04. The van der Waals surface area contributed by atoms with Gasteiger partial charge in [-0.15, -0.1) is 0 Å². The van der Waals surface area contributed by atoms with Crippen molar-refractivity contribution in [3.63, 3.8) is 0 Å². The van der Waals surface area contributed by atoms with Gasteiger partial charge in [-0.25, -0.2) is 4.79 Å². The number of carbonyl (C=O) groups is 5. The molecule has 12 heteroatoms. The van der Waals surface area contributed by atoms with E-state index in [4.69, 9.17) is 11.5 Å². The van der Waals surface area contributed by atoms with Crippen molar-refractivity contribution in [1.29, 1.82) is 0 Å². The molecule has 0 aromatic rings. The van der Waals surface area contributed by atoms with Gasteiger partial charge in [0.2, 0.25) is 23.6 Å². The number of likely N-dealkylation sites (tertiary alicyclic amines) is 1. The molecular weight excluding hydrogens is 402 g/mol. The van der Waals surface area contributed by atoms with Gasteiger partial charge in [0.1, 0.15) is 18.1 Å². The van der Waals surface area contributed by atoms with E-state index in [0.29, 0.717) is 19.4 Å². The van der Waals surface area contributed by atoms with Crippen molar-refractivity contribution in [2.24, 2.45) is 17.4 Å². The molecule has 1 aliphatic rings. The molecule has 4 unspecified atom stereocenters. The molecule has 0 aromatic carbocycles. The third-order valence-electron chi connectivity index (χ3n) is 4.62. The molecule has 0 spiro atoms. The van der Waals surface area contributed by atoms with Crippen molar-refractivity contribution in [1.82, 2.24) is 15.5 Å². The molecule has 164 valence electrons. The average molecular weight is 432 g/mol. The van der Waals surface area contributed by atoms with Crippen LogP contribution in [0, 0.1) is 5.92 Å². The van der Waals surface area contributed by atoms with Gasteiger partial charge in [0.05, 0.1) is 12.5 Å². The number of rotatable bonds is 10. The fourth-order valence-corrected chi connectivity index (χ4v) is 3.20. The van der Waals surface area contributed by atoms with Crippen molar-refractivity contribution in [2.75, 3.05) is 12.3 Å². The van der Waals surface area contributed by atoms with Gasteiger partial charge in [-0.1, -0.05) is 13.8 Å². The summed E-state index contributed by atoms with van der Waals surface area (Å²) < 4.78 is 0. The van der Waals surface area contributed by atoms with Gasteiger partial charge in [0.25, 0.3) is 0 Å². The van der Waals surface area contributed by atoms with E-state index in [9.17, 15) is 29.1 Å². The Labute approximate surface area is 174 Å². The molecule has 4 atom stereocenters. The first kappa shape index (κ1) is 24.7. The number of aliphatic carboxylic acids is 1. The maximum Gasteiger partial charge on any atom is 0.326 e. The highest BCUT2D eigenvalue weighted by molar-refractivity contribution is 7.80. The Kier molecular flexibility index (Phi) is 9.37. The zero-order valence-electron chi connectivity index (χ0n) is 16.5. The van der Waals surface area contributed by atoms with E-state index in [1.165, 1.54) is 4.90 Å². The number of carboxylic acid groups (broad SMARTS) is 1. The fraction of sp³-hybridized carbons (Fsp3) is 0.706. The van der Waals surface area contributed by atoms with Crippen LogP contribution in [-0.2, 0) is 24.0 Å². The molecule has 1 aliphatic heterocycles. The number of nitrogens with two attached hydrogens (primary N) is 2. The van der Waals surface area contributed by atoms with Crippen LogP contribution in [0.4, 0.5) is 0 Å². The van der Waals surface area contributed by atoms with Gasteiger partial charge < -0.3 is 32.1 Å². The van der Waals surface area contributed by atoms with Crippen LogP contribution >= 0.6 is 12.6 Å². The molecule has 0 saturated carbocycles. The number of amides is 4. The summed E-state index contributed by atoms with van der Waals surface area (Å²) in [5.41, 5.74) is 10.9. The topological polar surface area (TPSA) is 185 Å². The number of thiol groups is 1. The number of hydrogen-bond acceptors (Lipinski definition) is 7. The second-order valence-corrected chi connectivity index (χ2v) is 7.64. The summed E-state index contributed by atoms with van der Waals surface area (Å²) in [6.45, 7) is 3.54. The number of primary amides is 1. The molecular formula is C17H29N5O6S. The average Bonchev–Trinajstić information content (AvgIpc) is 3.12. The molecule has 1 saturated heterocycles. The van der Waals surface area contributed by atoms with Crippen molar-refractivity contribution >= 4 is 42.2 Å². The lowest BCUT2D eigenvalue weighted by Crippen LogP contribution is -2.58. The predicted molar refractivity (Wildman–Crippen MR) is 107 cm³/mol. The van der Waals surface area contributed by atoms with Gasteiger partial charge in [-0.2, -0.15) is 12.6 Å². The zero-order chi connectivity index (χ0) is 22.3. The maximum atomic E-state index is 12.7. The molecule has 4 amide bonds. The molecule has 29 heavy (non-hydrogen) atoms. The standard InChI is InChI=1S/C17H29N5O6S/c1-8(2)13(17(27)28)21-14(24)10(6-12(19)23)20-15(25)11-4-3-5-22(11)16(26)9(18)7-29/h8-11,13,29H,3-7,18H2,1-2H3,(H2,19,23)(H,20,25)(H,21,24)(H,27,28). The summed E-state index contributed by atoms with van der Waals surface area (Å²) in [5.74, 6) is -4.32. The quantitative estimate of drug-likeness (QED) is 0.212. The summed E-state index contributed by atoms with van der Waals surface area (Å²) in [7, 11) is 0. The van der Waals surface area contributed by atoms with Gasteiger partial charge in [0, 0.05) is 12.3 Å². The molecule has 0 bridgehead atoms. The second kappa shape index (κ2) is 11.0. The van der Waals surface area contributed by atoms with Crippen molar-refractivity contribution in [3.05, 3.63) is 0 Å². The highest BCUT2D eigenvalue weighted by Crippen LogP contribution is 2.19. The molecule has 0 aliphatic carbocycles. The highest BCUT2D eigenvalue weighted by atomic mass is 32.1. The van der Waals surface area contributed by atoms with Gasteiger partial charge >= 0.3 is 5.97 Å². The Morgan fingerprint density at radius 1 is 1.21 bits per heavy atom. The number of carbonyl (C=O) groups excluding carboxylic acids is 4. The van der Waals surface area contributed by atoms with Crippen LogP contribution in [0.15, 0.2) is 0 Å². The van der Waals surface area contributed by atoms with Crippen LogP contribution in [0.25, 0.3) is 0 Å². The third kappa shape index (κ3) is 6.89. The van der Waals surface area contributed by atoms with E-state index in [-0.39, 0.29) is 5.75 Å². The van der Waals surface area contributed by atoms with E-state index in [2.05, 4.69) is 23.3 Å². The van der Waals surface area contributed by atoms with Crippen molar-refractivity contribution < 1.29 is 29.1 Å².